The average Bonchev–Trinajstić information content (AvgIpc) is 3.22. The van der Waals surface area contributed by atoms with Gasteiger partial charge < -0.3 is 19.5 Å². The fourth-order valence-electron chi connectivity index (χ4n) is 2.61. The lowest BCUT2D eigenvalue weighted by atomic mass is 10.2. The molecule has 3 N–H and O–H groups in total. The summed E-state index contributed by atoms with van der Waals surface area (Å²) in [6, 6.07) is 4.31. The highest BCUT2D eigenvalue weighted by Gasteiger charge is 2.25. The number of ether oxygens (including phenoxy) is 1. The van der Waals surface area contributed by atoms with Gasteiger partial charge in [0.2, 0.25) is 5.09 Å². The number of benzene rings is 1. The smallest absolute Gasteiger partial charge is 0.295 e. The maximum atomic E-state index is 12.7. The van der Waals surface area contributed by atoms with Crippen LogP contribution >= 0.6 is 23.2 Å². The van der Waals surface area contributed by atoms with E-state index in [0.717, 1.165) is 0 Å². The summed E-state index contributed by atoms with van der Waals surface area (Å²) in [7, 11) is -2.59. The predicted octanol–water partition coefficient (Wildman–Crippen LogP) is 3.55. The Labute approximate surface area is 171 Å². The summed E-state index contributed by atoms with van der Waals surface area (Å²) >= 11 is 12.2. The zero-order valence-corrected chi connectivity index (χ0v) is 17.3. The van der Waals surface area contributed by atoms with Crippen molar-refractivity contribution in [2.45, 2.75) is 12.0 Å². The van der Waals surface area contributed by atoms with Crippen LogP contribution in [0.25, 0.3) is 10.9 Å². The van der Waals surface area contributed by atoms with E-state index in [4.69, 9.17) is 32.4 Å². The second-order valence-electron chi connectivity index (χ2n) is 5.91. The summed E-state index contributed by atoms with van der Waals surface area (Å²) < 4.78 is 38.1. The summed E-state index contributed by atoms with van der Waals surface area (Å²) in [4.78, 5) is 15.0. The maximum absolute atomic E-state index is 12.7. The molecule has 0 aliphatic heterocycles. The Bertz CT molecular complexity index is 1140. The highest BCUT2D eigenvalue weighted by molar-refractivity contribution is 7.92. The number of nitrogens with one attached hydrogen (secondary N) is 3. The lowest BCUT2D eigenvalue weighted by Crippen LogP contribution is -2.27. The largest absolute Gasteiger partial charge is 0.437 e. The minimum atomic E-state index is -4.10. The van der Waals surface area contributed by atoms with E-state index in [1.165, 1.54) is 31.5 Å². The third kappa shape index (κ3) is 3.97. The van der Waals surface area contributed by atoms with Gasteiger partial charge in [0.15, 0.2) is 5.76 Å². The number of sulfonamides is 1. The van der Waals surface area contributed by atoms with E-state index in [0.29, 0.717) is 33.1 Å². The number of fused-ring (bicyclic) bond motifs is 1. The van der Waals surface area contributed by atoms with Crippen LogP contribution < -0.4 is 10.0 Å². The molecular weight excluding hydrogens is 429 g/mol. The number of carbonyl (C=O) groups is 1. The molecule has 150 valence electrons. The zero-order chi connectivity index (χ0) is 20.5. The fourth-order valence-corrected chi connectivity index (χ4v) is 4.25. The molecule has 0 fully saturated rings. The van der Waals surface area contributed by atoms with Crippen LogP contribution in [0.2, 0.25) is 10.0 Å². The molecule has 3 aromatic rings. The van der Waals surface area contributed by atoms with E-state index in [1.54, 1.807) is 6.92 Å². The molecule has 0 bridgehead atoms. The molecule has 3 rings (SSSR count). The summed E-state index contributed by atoms with van der Waals surface area (Å²) in [5.41, 5.74) is 1.06. The van der Waals surface area contributed by atoms with Gasteiger partial charge in [0.25, 0.3) is 15.9 Å². The van der Waals surface area contributed by atoms with Gasteiger partial charge in [-0.25, -0.2) is 0 Å². The first kappa shape index (κ1) is 20.5. The first-order valence-electron chi connectivity index (χ1n) is 8.10. The number of anilines is 1. The Hall–Kier alpha value is -2.20. The number of carbonyl (C=O) groups excluding carboxylic acids is 1. The SMILES string of the molecule is COCCNC(=O)c1oc(S(=O)(=O)Nc2ccc(Cl)c3c(Cl)c[nH]c23)cc1C. The van der Waals surface area contributed by atoms with Crippen LogP contribution in [0.4, 0.5) is 5.69 Å². The maximum Gasteiger partial charge on any atom is 0.295 e. The molecule has 2 aromatic heterocycles. The van der Waals surface area contributed by atoms with Crippen LogP contribution in [0, 0.1) is 6.92 Å². The number of amides is 1. The number of rotatable bonds is 7. The average molecular weight is 446 g/mol. The third-order valence-electron chi connectivity index (χ3n) is 3.94. The summed E-state index contributed by atoms with van der Waals surface area (Å²) in [6.45, 7) is 2.18. The van der Waals surface area contributed by atoms with Crippen molar-refractivity contribution >= 4 is 55.7 Å². The van der Waals surface area contributed by atoms with Gasteiger partial charge in [-0.2, -0.15) is 8.42 Å². The van der Waals surface area contributed by atoms with E-state index in [9.17, 15) is 13.2 Å². The number of H-pyrrole nitrogens is 1. The monoisotopic (exact) mass is 445 g/mol. The van der Waals surface area contributed by atoms with Crippen LogP contribution in [0.15, 0.2) is 33.9 Å². The summed E-state index contributed by atoms with van der Waals surface area (Å²) in [6.07, 6.45) is 1.51. The predicted molar refractivity (Wildman–Crippen MR) is 107 cm³/mol. The minimum absolute atomic E-state index is 0.0827. The third-order valence-corrected chi connectivity index (χ3v) is 5.77. The number of aromatic nitrogens is 1. The second kappa shape index (κ2) is 8.04. The van der Waals surface area contributed by atoms with Gasteiger partial charge in [-0.3, -0.25) is 9.52 Å². The molecule has 1 amide bonds. The van der Waals surface area contributed by atoms with Crippen molar-refractivity contribution in [2.75, 3.05) is 25.0 Å². The lowest BCUT2D eigenvalue weighted by molar-refractivity contribution is 0.0903. The van der Waals surface area contributed by atoms with Gasteiger partial charge >= 0.3 is 0 Å². The number of hydrogen-bond donors (Lipinski definition) is 3. The quantitative estimate of drug-likeness (QED) is 0.481. The lowest BCUT2D eigenvalue weighted by Gasteiger charge is -2.08. The minimum Gasteiger partial charge on any atom is -0.437 e. The van der Waals surface area contributed by atoms with Crippen LogP contribution in [0.5, 0.6) is 0 Å². The highest BCUT2D eigenvalue weighted by Crippen LogP contribution is 2.35. The molecule has 2 heterocycles. The van der Waals surface area contributed by atoms with Crippen molar-refractivity contribution in [1.29, 1.82) is 0 Å². The number of furan rings is 1. The van der Waals surface area contributed by atoms with E-state index in [2.05, 4.69) is 15.0 Å². The molecule has 0 saturated carbocycles. The van der Waals surface area contributed by atoms with Crippen LogP contribution in [-0.2, 0) is 14.8 Å². The second-order valence-corrected chi connectivity index (χ2v) is 8.34. The van der Waals surface area contributed by atoms with Gasteiger partial charge in [0, 0.05) is 36.9 Å². The van der Waals surface area contributed by atoms with Gasteiger partial charge in [0.1, 0.15) is 0 Å². The van der Waals surface area contributed by atoms with Crippen LogP contribution in [-0.4, -0.2) is 39.6 Å². The Kier molecular flexibility index (Phi) is 5.90. The Morgan fingerprint density at radius 1 is 1.29 bits per heavy atom. The summed E-state index contributed by atoms with van der Waals surface area (Å²) in [5.74, 6) is -0.610. The molecule has 0 unspecified atom stereocenters. The molecule has 0 atom stereocenters. The standard InChI is InChI=1S/C17H17Cl2N3O5S/c1-9-7-13(27-16(9)17(23)20-5-6-26-2)28(24,25)22-12-4-3-10(18)14-11(19)8-21-15(12)14/h3-4,7-8,21-22H,5-6H2,1-2H3,(H,20,23). The van der Waals surface area contributed by atoms with Gasteiger partial charge in [0.05, 0.1) is 27.9 Å². The Morgan fingerprint density at radius 2 is 2.04 bits per heavy atom. The van der Waals surface area contributed by atoms with E-state index >= 15 is 0 Å². The summed E-state index contributed by atoms with van der Waals surface area (Å²) in [5, 5.41) is 3.44. The van der Waals surface area contributed by atoms with Crippen molar-refractivity contribution in [3.05, 3.63) is 45.8 Å². The molecule has 11 heteroatoms. The van der Waals surface area contributed by atoms with Crippen molar-refractivity contribution in [3.8, 4) is 0 Å². The van der Waals surface area contributed by atoms with Crippen LogP contribution in [0.1, 0.15) is 16.1 Å². The van der Waals surface area contributed by atoms with Gasteiger partial charge in [-0.1, -0.05) is 23.2 Å². The normalized spacial score (nSPS) is 11.7. The molecule has 0 spiro atoms. The van der Waals surface area contributed by atoms with Gasteiger partial charge in [-0.05, 0) is 19.1 Å². The fraction of sp³-hybridized carbons (Fsp3) is 0.235. The number of methoxy groups -OCH3 is 1. The number of aryl methyl sites for hydroxylation is 1. The molecule has 0 saturated heterocycles. The van der Waals surface area contributed by atoms with E-state index < -0.39 is 15.9 Å². The van der Waals surface area contributed by atoms with Gasteiger partial charge in [-0.15, -0.1) is 0 Å². The topological polar surface area (TPSA) is 113 Å². The highest BCUT2D eigenvalue weighted by atomic mass is 35.5. The van der Waals surface area contributed by atoms with E-state index in [1.807, 2.05) is 0 Å². The number of aromatic amines is 1. The number of hydrogen-bond acceptors (Lipinski definition) is 5. The number of halogens is 2. The zero-order valence-electron chi connectivity index (χ0n) is 14.9. The molecule has 0 aliphatic rings. The molecule has 0 aliphatic carbocycles. The Balaban J connectivity index is 1.89. The van der Waals surface area contributed by atoms with Crippen molar-refractivity contribution in [3.63, 3.8) is 0 Å². The first-order valence-corrected chi connectivity index (χ1v) is 10.3. The molecule has 0 radical (unpaired) electrons. The van der Waals surface area contributed by atoms with Crippen molar-refractivity contribution in [2.24, 2.45) is 0 Å². The van der Waals surface area contributed by atoms with E-state index in [-0.39, 0.29) is 23.1 Å². The van der Waals surface area contributed by atoms with Crippen molar-refractivity contribution in [1.82, 2.24) is 10.3 Å². The van der Waals surface area contributed by atoms with Crippen molar-refractivity contribution < 1.29 is 22.4 Å². The first-order chi connectivity index (χ1) is 13.2. The van der Waals surface area contributed by atoms with Crippen LogP contribution in [0.3, 0.4) is 0 Å². The Morgan fingerprint density at radius 3 is 2.75 bits per heavy atom. The molecule has 28 heavy (non-hydrogen) atoms. The molecular formula is C17H17Cl2N3O5S. The molecule has 8 nitrogen and oxygen atoms in total. The molecule has 1 aromatic carbocycles.